The summed E-state index contributed by atoms with van der Waals surface area (Å²) in [6.07, 6.45) is 8.10. The number of rotatable bonds is 10. The number of aromatic amines is 1. The van der Waals surface area contributed by atoms with Crippen LogP contribution in [0.4, 0.5) is 17.6 Å². The number of benzene rings is 1. The van der Waals surface area contributed by atoms with Crippen molar-refractivity contribution < 1.29 is 9.47 Å². The zero-order valence-electron chi connectivity index (χ0n) is 21.0. The van der Waals surface area contributed by atoms with Gasteiger partial charge in [0.1, 0.15) is 5.82 Å². The van der Waals surface area contributed by atoms with Gasteiger partial charge >= 0.3 is 0 Å². The number of fused-ring (bicyclic) bond motifs is 1. The van der Waals surface area contributed by atoms with Gasteiger partial charge in [-0.25, -0.2) is 4.98 Å². The highest BCUT2D eigenvalue weighted by molar-refractivity contribution is 5.94. The number of piperidine rings is 1. The topological polar surface area (TPSA) is 91.4 Å². The molecule has 1 aromatic carbocycles. The number of hydrogen-bond donors (Lipinski definition) is 2. The summed E-state index contributed by atoms with van der Waals surface area (Å²) in [6.45, 7) is 8.20. The predicted octanol–water partition coefficient (Wildman–Crippen LogP) is 4.52. The third-order valence-electron chi connectivity index (χ3n) is 6.94. The predicted molar refractivity (Wildman–Crippen MR) is 139 cm³/mol. The molecular weight excluding hydrogens is 442 g/mol. The Morgan fingerprint density at radius 2 is 1.77 bits per heavy atom. The summed E-state index contributed by atoms with van der Waals surface area (Å²) in [5, 5.41) is 11.8. The van der Waals surface area contributed by atoms with Crippen molar-refractivity contribution in [3.05, 3.63) is 23.9 Å². The fourth-order valence-corrected chi connectivity index (χ4v) is 4.93. The summed E-state index contributed by atoms with van der Waals surface area (Å²) >= 11 is 0. The molecule has 0 radical (unpaired) electrons. The maximum Gasteiger partial charge on any atom is 0.227 e. The molecule has 188 valence electrons. The van der Waals surface area contributed by atoms with Gasteiger partial charge in [0.15, 0.2) is 17.3 Å². The lowest BCUT2D eigenvalue weighted by Gasteiger charge is -2.27. The Morgan fingerprint density at radius 1 is 0.971 bits per heavy atom. The smallest absolute Gasteiger partial charge is 0.227 e. The average Bonchev–Trinajstić information content (AvgIpc) is 3.59. The molecule has 0 aliphatic carbocycles. The van der Waals surface area contributed by atoms with E-state index in [9.17, 15) is 0 Å². The maximum absolute atomic E-state index is 6.19. The van der Waals surface area contributed by atoms with Crippen LogP contribution in [-0.2, 0) is 6.42 Å². The fraction of sp³-hybridized carbons (Fsp3) is 0.577. The lowest BCUT2D eigenvalue weighted by molar-refractivity contribution is 0.254. The van der Waals surface area contributed by atoms with Crippen LogP contribution in [0.25, 0.3) is 10.9 Å². The number of aryl methyl sites for hydroxylation is 1. The molecule has 2 aliphatic heterocycles. The van der Waals surface area contributed by atoms with E-state index in [1.54, 1.807) is 7.11 Å². The van der Waals surface area contributed by atoms with Crippen LogP contribution in [0.3, 0.4) is 0 Å². The molecular formula is C26H37N7O2. The van der Waals surface area contributed by atoms with Crippen LogP contribution < -0.4 is 19.7 Å². The lowest BCUT2D eigenvalue weighted by Crippen LogP contribution is -2.31. The Hall–Kier alpha value is -3.07. The van der Waals surface area contributed by atoms with E-state index in [-0.39, 0.29) is 0 Å². The highest BCUT2D eigenvalue weighted by Gasteiger charge is 2.19. The number of hydrogen-bond acceptors (Lipinski definition) is 8. The molecule has 9 nitrogen and oxygen atoms in total. The number of ether oxygens (including phenoxy) is 2. The quantitative estimate of drug-likeness (QED) is 0.410. The first kappa shape index (κ1) is 23.7. The molecule has 5 rings (SSSR count). The molecule has 35 heavy (non-hydrogen) atoms. The second-order valence-corrected chi connectivity index (χ2v) is 9.45. The maximum atomic E-state index is 6.19. The summed E-state index contributed by atoms with van der Waals surface area (Å²) in [5.74, 6) is 3.63. The monoisotopic (exact) mass is 479 g/mol. The van der Waals surface area contributed by atoms with Gasteiger partial charge in [-0.1, -0.05) is 6.92 Å². The molecule has 3 aromatic rings. The number of nitrogens with zero attached hydrogens (tertiary/aromatic N) is 5. The lowest BCUT2D eigenvalue weighted by atomic mass is 10.1. The fourth-order valence-electron chi connectivity index (χ4n) is 4.93. The molecule has 2 N–H and O–H groups in total. The minimum absolute atomic E-state index is 0.653. The van der Waals surface area contributed by atoms with Crippen molar-refractivity contribution in [1.82, 2.24) is 25.1 Å². The van der Waals surface area contributed by atoms with Gasteiger partial charge in [0.05, 0.1) is 19.2 Å². The Bertz CT molecular complexity index is 1120. The molecule has 0 amide bonds. The summed E-state index contributed by atoms with van der Waals surface area (Å²) in [6, 6.07) is 5.98. The van der Waals surface area contributed by atoms with Crippen molar-refractivity contribution >= 4 is 28.5 Å². The van der Waals surface area contributed by atoms with Crippen LogP contribution in [0.5, 0.6) is 11.5 Å². The van der Waals surface area contributed by atoms with E-state index in [2.05, 4.69) is 32.2 Å². The van der Waals surface area contributed by atoms with Crippen molar-refractivity contribution in [3.8, 4) is 11.5 Å². The molecule has 0 bridgehead atoms. The Labute approximate surface area is 207 Å². The van der Waals surface area contributed by atoms with Crippen molar-refractivity contribution in [2.45, 2.75) is 51.9 Å². The third kappa shape index (κ3) is 5.61. The van der Waals surface area contributed by atoms with Crippen molar-refractivity contribution in [2.24, 2.45) is 0 Å². The summed E-state index contributed by atoms with van der Waals surface area (Å²) in [4.78, 5) is 14.7. The number of nitrogens with one attached hydrogen (secondary N) is 2. The van der Waals surface area contributed by atoms with Gasteiger partial charge in [0, 0.05) is 42.8 Å². The van der Waals surface area contributed by atoms with Crippen LogP contribution in [-0.4, -0.2) is 71.5 Å². The third-order valence-corrected chi connectivity index (χ3v) is 6.94. The van der Waals surface area contributed by atoms with Gasteiger partial charge in [-0.2, -0.15) is 10.1 Å². The van der Waals surface area contributed by atoms with Crippen LogP contribution >= 0.6 is 0 Å². The molecule has 2 saturated heterocycles. The van der Waals surface area contributed by atoms with Gasteiger partial charge in [-0.3, -0.25) is 5.10 Å². The second-order valence-electron chi connectivity index (χ2n) is 9.45. The van der Waals surface area contributed by atoms with E-state index < -0.39 is 0 Å². The number of anilines is 3. The molecule has 9 heteroatoms. The molecule has 0 saturated carbocycles. The van der Waals surface area contributed by atoms with E-state index >= 15 is 0 Å². The van der Waals surface area contributed by atoms with Crippen LogP contribution in [0.2, 0.25) is 0 Å². The normalized spacial score (nSPS) is 16.7. The van der Waals surface area contributed by atoms with Gasteiger partial charge in [0.2, 0.25) is 5.95 Å². The van der Waals surface area contributed by atoms with E-state index in [0.717, 1.165) is 85.2 Å². The first-order chi connectivity index (χ1) is 17.2. The zero-order valence-corrected chi connectivity index (χ0v) is 21.0. The van der Waals surface area contributed by atoms with E-state index in [1.165, 1.54) is 32.4 Å². The largest absolute Gasteiger partial charge is 0.493 e. The van der Waals surface area contributed by atoms with Crippen LogP contribution in [0, 0.1) is 0 Å². The molecule has 2 aliphatic rings. The van der Waals surface area contributed by atoms with Crippen molar-refractivity contribution in [1.29, 1.82) is 0 Å². The Morgan fingerprint density at radius 3 is 2.51 bits per heavy atom. The number of H-pyrrole nitrogens is 1. The first-order valence-corrected chi connectivity index (χ1v) is 13.0. The Balaban J connectivity index is 1.43. The standard InChI is InChI=1S/C26H37N7O2/c1-3-19-16-24(31-30-19)28-25-20-17-22(34-2)23(35-15-9-12-32-10-7-8-11-32)18-21(20)27-26(29-25)33-13-5-4-6-14-33/h16-18H,3-15H2,1-2H3,(H2,27,28,29,30,31). The van der Waals surface area contributed by atoms with E-state index in [0.29, 0.717) is 12.4 Å². The molecule has 2 aromatic heterocycles. The highest BCUT2D eigenvalue weighted by atomic mass is 16.5. The number of methoxy groups -OCH3 is 1. The summed E-state index contributed by atoms with van der Waals surface area (Å²) in [7, 11) is 1.68. The highest BCUT2D eigenvalue weighted by Crippen LogP contribution is 2.36. The van der Waals surface area contributed by atoms with Crippen molar-refractivity contribution in [2.75, 3.05) is 56.7 Å². The Kier molecular flexibility index (Phi) is 7.51. The van der Waals surface area contributed by atoms with Crippen LogP contribution in [0.15, 0.2) is 18.2 Å². The van der Waals surface area contributed by atoms with Gasteiger partial charge < -0.3 is 24.6 Å². The van der Waals surface area contributed by atoms with Gasteiger partial charge in [-0.05, 0) is 64.1 Å². The first-order valence-electron chi connectivity index (χ1n) is 13.0. The van der Waals surface area contributed by atoms with Crippen molar-refractivity contribution in [3.63, 3.8) is 0 Å². The second kappa shape index (κ2) is 11.1. The molecule has 4 heterocycles. The minimum Gasteiger partial charge on any atom is -0.493 e. The van der Waals surface area contributed by atoms with E-state index in [4.69, 9.17) is 19.4 Å². The molecule has 0 unspecified atom stereocenters. The number of likely N-dealkylation sites (tertiary alicyclic amines) is 1. The zero-order chi connectivity index (χ0) is 24.0. The minimum atomic E-state index is 0.653. The summed E-state index contributed by atoms with van der Waals surface area (Å²) in [5.41, 5.74) is 1.91. The van der Waals surface area contributed by atoms with Crippen LogP contribution in [0.1, 0.15) is 51.1 Å². The average molecular weight is 480 g/mol. The molecule has 2 fully saturated rings. The summed E-state index contributed by atoms with van der Waals surface area (Å²) < 4.78 is 11.9. The van der Waals surface area contributed by atoms with Gasteiger partial charge in [-0.15, -0.1) is 0 Å². The molecule has 0 spiro atoms. The van der Waals surface area contributed by atoms with Gasteiger partial charge in [0.25, 0.3) is 0 Å². The van der Waals surface area contributed by atoms with E-state index in [1.807, 2.05) is 18.2 Å². The molecule has 0 atom stereocenters. The number of aromatic nitrogens is 4. The SMILES string of the molecule is CCc1cc(Nc2nc(N3CCCCC3)nc3cc(OCCCN4CCCC4)c(OC)cc23)n[nH]1.